The number of hydrogen-bond acceptors (Lipinski definition) is 2. The SMILES string of the molecule is C[C@H](CCCC(C)(C)O[Si](C)(C)C)[C@H]1CC[C@H]2C(=O)C=CC[C@]12C. The molecule has 0 unspecified atom stereocenters. The fourth-order valence-corrected chi connectivity index (χ4v) is 7.20. The van der Waals surface area contributed by atoms with E-state index in [-0.39, 0.29) is 16.9 Å². The number of fused-ring (bicyclic) bond motifs is 1. The third-order valence-electron chi connectivity index (χ3n) is 6.30. The minimum absolute atomic E-state index is 0.00412. The van der Waals surface area contributed by atoms with Crippen LogP contribution in [0.2, 0.25) is 19.6 Å². The molecule has 0 aromatic rings. The van der Waals surface area contributed by atoms with E-state index in [1.165, 1.54) is 19.3 Å². The molecule has 3 heteroatoms. The minimum Gasteiger partial charge on any atom is -0.413 e. The lowest BCUT2D eigenvalue weighted by molar-refractivity contribution is -0.122. The standard InChI is InChI=1S/C21H38O2Si/c1-16(10-8-14-20(2,3)23-24(5,6)7)17-12-13-18-19(22)11-9-15-21(17,18)4/h9,11,16-18H,8,10,12-15H2,1-7H3/t16-,17-,18+,21-/m1/s1. The van der Waals surface area contributed by atoms with Crippen LogP contribution in [0.1, 0.15) is 66.2 Å². The fourth-order valence-electron chi connectivity index (χ4n) is 5.44. The fraction of sp³-hybridized carbons (Fsp3) is 0.857. The van der Waals surface area contributed by atoms with Crippen molar-refractivity contribution in [2.75, 3.05) is 0 Å². The highest BCUT2D eigenvalue weighted by Gasteiger charge is 2.51. The first-order chi connectivity index (χ1) is 10.9. The molecule has 4 atom stereocenters. The van der Waals surface area contributed by atoms with Crippen molar-refractivity contribution >= 4 is 14.1 Å². The summed E-state index contributed by atoms with van der Waals surface area (Å²) in [5, 5.41) is 0. The molecule has 0 saturated heterocycles. The van der Waals surface area contributed by atoms with Gasteiger partial charge in [0.15, 0.2) is 14.1 Å². The van der Waals surface area contributed by atoms with Crippen LogP contribution in [-0.4, -0.2) is 19.7 Å². The third-order valence-corrected chi connectivity index (χ3v) is 7.47. The molecule has 0 bridgehead atoms. The number of rotatable bonds is 7. The van der Waals surface area contributed by atoms with Gasteiger partial charge in [0.1, 0.15) is 0 Å². The number of allylic oxidation sites excluding steroid dienone is 2. The van der Waals surface area contributed by atoms with Gasteiger partial charge >= 0.3 is 0 Å². The van der Waals surface area contributed by atoms with Crippen LogP contribution in [-0.2, 0) is 9.22 Å². The van der Waals surface area contributed by atoms with Gasteiger partial charge < -0.3 is 4.43 Å². The van der Waals surface area contributed by atoms with Gasteiger partial charge in [-0.3, -0.25) is 4.79 Å². The van der Waals surface area contributed by atoms with Gasteiger partial charge in [0.05, 0.1) is 5.60 Å². The molecular formula is C21H38O2Si. The van der Waals surface area contributed by atoms with Crippen molar-refractivity contribution < 1.29 is 9.22 Å². The topological polar surface area (TPSA) is 26.3 Å². The van der Waals surface area contributed by atoms with E-state index < -0.39 is 8.32 Å². The maximum atomic E-state index is 12.2. The van der Waals surface area contributed by atoms with Gasteiger partial charge in [-0.05, 0) is 82.5 Å². The van der Waals surface area contributed by atoms with E-state index in [1.54, 1.807) is 0 Å². The Kier molecular flexibility index (Phi) is 5.86. The van der Waals surface area contributed by atoms with Crippen molar-refractivity contribution in [3.63, 3.8) is 0 Å². The second-order valence-corrected chi connectivity index (χ2v) is 14.5. The number of carbonyl (C=O) groups excluding carboxylic acids is 1. The monoisotopic (exact) mass is 350 g/mol. The highest BCUT2D eigenvalue weighted by molar-refractivity contribution is 6.69. The Morgan fingerprint density at radius 1 is 1.33 bits per heavy atom. The van der Waals surface area contributed by atoms with Gasteiger partial charge in [0.2, 0.25) is 0 Å². The van der Waals surface area contributed by atoms with E-state index in [9.17, 15) is 4.79 Å². The van der Waals surface area contributed by atoms with E-state index in [2.05, 4.69) is 53.4 Å². The lowest BCUT2D eigenvalue weighted by Gasteiger charge is -2.40. The first kappa shape index (κ1) is 19.9. The summed E-state index contributed by atoms with van der Waals surface area (Å²) in [6.45, 7) is 16.1. The van der Waals surface area contributed by atoms with E-state index in [4.69, 9.17) is 4.43 Å². The summed E-state index contributed by atoms with van der Waals surface area (Å²) in [7, 11) is -1.48. The Labute approximate surface area is 150 Å². The van der Waals surface area contributed by atoms with Crippen molar-refractivity contribution in [2.24, 2.45) is 23.2 Å². The quantitative estimate of drug-likeness (QED) is 0.528. The van der Waals surface area contributed by atoms with Crippen molar-refractivity contribution in [3.05, 3.63) is 12.2 Å². The Morgan fingerprint density at radius 3 is 2.62 bits per heavy atom. The van der Waals surface area contributed by atoms with Crippen LogP contribution in [0.3, 0.4) is 0 Å². The van der Waals surface area contributed by atoms with E-state index in [1.807, 2.05) is 6.08 Å². The molecule has 1 fully saturated rings. The van der Waals surface area contributed by atoms with Crippen molar-refractivity contribution in [1.82, 2.24) is 0 Å². The maximum Gasteiger partial charge on any atom is 0.184 e. The second kappa shape index (κ2) is 7.07. The van der Waals surface area contributed by atoms with E-state index in [0.29, 0.717) is 17.6 Å². The summed E-state index contributed by atoms with van der Waals surface area (Å²) >= 11 is 0. The second-order valence-electron chi connectivity index (χ2n) is 10.1. The number of carbonyl (C=O) groups is 1. The van der Waals surface area contributed by atoms with Crippen LogP contribution in [0, 0.1) is 23.2 Å². The molecule has 24 heavy (non-hydrogen) atoms. The maximum absolute atomic E-state index is 12.2. The normalized spacial score (nSPS) is 32.0. The predicted octanol–water partition coefficient (Wildman–Crippen LogP) is 5.98. The van der Waals surface area contributed by atoms with Crippen LogP contribution in [0.5, 0.6) is 0 Å². The molecule has 2 nitrogen and oxygen atoms in total. The molecule has 0 heterocycles. The largest absolute Gasteiger partial charge is 0.413 e. The Hall–Kier alpha value is -0.413. The van der Waals surface area contributed by atoms with Gasteiger partial charge in [0.25, 0.3) is 0 Å². The lowest BCUT2D eigenvalue weighted by atomic mass is 9.63. The molecule has 0 aliphatic heterocycles. The molecule has 0 N–H and O–H groups in total. The zero-order chi connectivity index (χ0) is 18.2. The van der Waals surface area contributed by atoms with Crippen LogP contribution >= 0.6 is 0 Å². The number of ketones is 1. The van der Waals surface area contributed by atoms with Gasteiger partial charge in [-0.2, -0.15) is 0 Å². The van der Waals surface area contributed by atoms with Crippen LogP contribution in [0.15, 0.2) is 12.2 Å². The molecule has 0 aromatic carbocycles. The van der Waals surface area contributed by atoms with Gasteiger partial charge in [-0.25, -0.2) is 0 Å². The summed E-state index contributed by atoms with van der Waals surface area (Å²) in [6.07, 6.45) is 11.0. The Balaban J connectivity index is 1.88. The van der Waals surface area contributed by atoms with Crippen molar-refractivity contribution in [1.29, 1.82) is 0 Å². The molecule has 0 aromatic heterocycles. The van der Waals surface area contributed by atoms with Gasteiger partial charge in [-0.1, -0.05) is 32.8 Å². The predicted molar refractivity (Wildman–Crippen MR) is 105 cm³/mol. The highest BCUT2D eigenvalue weighted by atomic mass is 28.4. The molecular weight excluding hydrogens is 312 g/mol. The van der Waals surface area contributed by atoms with Gasteiger partial charge in [0, 0.05) is 5.92 Å². The molecule has 2 aliphatic rings. The van der Waals surface area contributed by atoms with Crippen LogP contribution in [0.25, 0.3) is 0 Å². The molecule has 0 radical (unpaired) electrons. The molecule has 2 rings (SSSR count). The van der Waals surface area contributed by atoms with Crippen LogP contribution < -0.4 is 0 Å². The molecule has 0 amide bonds. The summed E-state index contributed by atoms with van der Waals surface area (Å²) in [4.78, 5) is 12.2. The highest BCUT2D eigenvalue weighted by Crippen LogP contribution is 2.55. The Morgan fingerprint density at radius 2 is 2.00 bits per heavy atom. The zero-order valence-electron chi connectivity index (χ0n) is 16.9. The first-order valence-electron chi connectivity index (χ1n) is 9.85. The first-order valence-corrected chi connectivity index (χ1v) is 13.3. The van der Waals surface area contributed by atoms with Crippen molar-refractivity contribution in [3.8, 4) is 0 Å². The minimum atomic E-state index is -1.48. The van der Waals surface area contributed by atoms with Crippen LogP contribution in [0.4, 0.5) is 0 Å². The number of hydrogen-bond donors (Lipinski definition) is 0. The lowest BCUT2D eigenvalue weighted by Crippen LogP contribution is -2.39. The smallest absolute Gasteiger partial charge is 0.184 e. The van der Waals surface area contributed by atoms with Gasteiger partial charge in [-0.15, -0.1) is 0 Å². The van der Waals surface area contributed by atoms with E-state index in [0.717, 1.165) is 19.3 Å². The molecule has 1 saturated carbocycles. The van der Waals surface area contributed by atoms with Crippen molar-refractivity contribution in [2.45, 2.75) is 91.5 Å². The zero-order valence-corrected chi connectivity index (χ0v) is 17.9. The summed E-state index contributed by atoms with van der Waals surface area (Å²) in [5.41, 5.74) is 0.200. The third kappa shape index (κ3) is 4.60. The summed E-state index contributed by atoms with van der Waals surface area (Å²) in [5.74, 6) is 2.05. The average molecular weight is 351 g/mol. The molecule has 138 valence electrons. The average Bonchev–Trinajstić information content (AvgIpc) is 2.74. The summed E-state index contributed by atoms with van der Waals surface area (Å²) < 4.78 is 6.34. The summed E-state index contributed by atoms with van der Waals surface area (Å²) in [6, 6.07) is 0. The molecule has 0 spiro atoms. The van der Waals surface area contributed by atoms with E-state index >= 15 is 0 Å². The molecule has 2 aliphatic carbocycles. The Bertz CT molecular complexity index is 489.